The van der Waals surface area contributed by atoms with Crippen molar-refractivity contribution in [3.05, 3.63) is 55.6 Å². The number of benzene rings is 1. The van der Waals surface area contributed by atoms with Crippen LogP contribution >= 0.6 is 0 Å². The first kappa shape index (κ1) is 34.0. The lowest BCUT2D eigenvalue weighted by Crippen LogP contribution is -2.21. The molecule has 1 unspecified atom stereocenters. The number of esters is 3. The highest BCUT2D eigenvalue weighted by Gasteiger charge is 2.34. The van der Waals surface area contributed by atoms with Crippen LogP contribution in [-0.2, 0) is 33.6 Å². The van der Waals surface area contributed by atoms with Crippen molar-refractivity contribution in [1.29, 1.82) is 0 Å². The van der Waals surface area contributed by atoms with Gasteiger partial charge >= 0.3 is 23.5 Å². The van der Waals surface area contributed by atoms with Crippen molar-refractivity contribution >= 4 is 23.7 Å². The molecule has 10 heteroatoms. The molecule has 42 heavy (non-hydrogen) atoms. The molecule has 0 bridgehead atoms. The lowest BCUT2D eigenvalue weighted by atomic mass is 9.88. The van der Waals surface area contributed by atoms with Crippen LogP contribution in [0.15, 0.2) is 20.9 Å². The maximum absolute atomic E-state index is 13.9. The fraction of sp³-hybridized carbons (Fsp3) is 0.469. The van der Waals surface area contributed by atoms with Crippen LogP contribution in [0.5, 0.6) is 23.0 Å². The molecule has 10 nitrogen and oxygen atoms in total. The number of ketones is 1. The highest BCUT2D eigenvalue weighted by molar-refractivity contribution is 6.05. The van der Waals surface area contributed by atoms with Gasteiger partial charge in [-0.15, -0.1) is 0 Å². The molecule has 0 amide bonds. The molecular weight excluding hydrogens is 544 g/mol. The maximum Gasteiger partial charge on any atom is 0.343 e. The Balaban J connectivity index is 3.22. The molecular formula is C32H40O10. The van der Waals surface area contributed by atoms with Gasteiger partial charge in [0, 0.05) is 56.2 Å². The van der Waals surface area contributed by atoms with Crippen molar-refractivity contribution in [2.75, 3.05) is 7.11 Å². The summed E-state index contributed by atoms with van der Waals surface area (Å²) in [5, 5.41) is 0. The molecule has 1 aromatic heterocycles. The summed E-state index contributed by atoms with van der Waals surface area (Å²) in [5.74, 6) is -2.74. The Labute approximate surface area is 246 Å². The van der Waals surface area contributed by atoms with Gasteiger partial charge in [0.15, 0.2) is 11.5 Å². The summed E-state index contributed by atoms with van der Waals surface area (Å²) in [7, 11) is 1.32. The van der Waals surface area contributed by atoms with E-state index >= 15 is 0 Å². The van der Waals surface area contributed by atoms with Gasteiger partial charge in [-0.2, -0.15) is 0 Å². The zero-order valence-electron chi connectivity index (χ0n) is 26.1. The third-order valence-electron chi connectivity index (χ3n) is 6.68. The molecule has 2 rings (SSSR count). The second kappa shape index (κ2) is 14.6. The summed E-state index contributed by atoms with van der Waals surface area (Å²) in [5.41, 5.74) is 0.920. The van der Waals surface area contributed by atoms with E-state index < -0.39 is 29.5 Å². The van der Waals surface area contributed by atoms with Gasteiger partial charge in [0.05, 0.1) is 12.7 Å². The van der Waals surface area contributed by atoms with Crippen LogP contribution in [-0.4, -0.2) is 30.8 Å². The van der Waals surface area contributed by atoms with Crippen LogP contribution in [0.1, 0.15) is 100 Å². The molecule has 228 valence electrons. The van der Waals surface area contributed by atoms with Crippen LogP contribution in [0, 0.1) is 12.8 Å². The van der Waals surface area contributed by atoms with Crippen LogP contribution < -0.4 is 24.6 Å². The first-order chi connectivity index (χ1) is 19.7. The second-order valence-corrected chi connectivity index (χ2v) is 10.2. The molecule has 0 N–H and O–H groups in total. The van der Waals surface area contributed by atoms with Gasteiger partial charge in [0.1, 0.15) is 28.6 Å². The zero-order chi connectivity index (χ0) is 31.9. The highest BCUT2D eigenvalue weighted by Crippen LogP contribution is 2.47. The molecule has 0 spiro atoms. The van der Waals surface area contributed by atoms with Gasteiger partial charge in [0.2, 0.25) is 0 Å². The smallest absolute Gasteiger partial charge is 0.343 e. The second-order valence-electron chi connectivity index (χ2n) is 10.2. The Hall–Kier alpha value is -4.21. The topological polar surface area (TPSA) is 135 Å². The minimum absolute atomic E-state index is 0.0103. The number of methoxy groups -OCH3 is 1. The largest absolute Gasteiger partial charge is 0.495 e. The van der Waals surface area contributed by atoms with Gasteiger partial charge in [-0.25, -0.2) is 4.79 Å². The molecule has 0 aliphatic carbocycles. The van der Waals surface area contributed by atoms with E-state index in [0.29, 0.717) is 24.2 Å². The third-order valence-corrected chi connectivity index (χ3v) is 6.68. The van der Waals surface area contributed by atoms with E-state index in [-0.39, 0.29) is 63.9 Å². The van der Waals surface area contributed by atoms with Crippen molar-refractivity contribution in [3.63, 3.8) is 0 Å². The molecule has 0 fully saturated rings. The monoisotopic (exact) mass is 584 g/mol. The number of hydrogen-bond donors (Lipinski definition) is 0. The van der Waals surface area contributed by atoms with Gasteiger partial charge in [0.25, 0.3) is 0 Å². The molecule has 0 radical (unpaired) electrons. The van der Waals surface area contributed by atoms with Gasteiger partial charge in [-0.05, 0) is 33.6 Å². The SMILES string of the molecule is CCc1oc(=O)c(Cc2c(OC(C)=O)c(CC=C(C)C)c(OC(C)=O)c(C(=O)C(C)CC)c2OC)c(OC(C)=O)c1C. The fourth-order valence-electron chi connectivity index (χ4n) is 4.49. The Morgan fingerprint density at radius 3 is 1.83 bits per heavy atom. The molecule has 0 aliphatic rings. The van der Waals surface area contributed by atoms with E-state index in [4.69, 9.17) is 23.4 Å². The molecule has 1 heterocycles. The zero-order valence-corrected chi connectivity index (χ0v) is 26.1. The average Bonchev–Trinajstić information content (AvgIpc) is 2.90. The fourth-order valence-corrected chi connectivity index (χ4v) is 4.49. The number of rotatable bonds is 12. The van der Waals surface area contributed by atoms with E-state index in [1.54, 1.807) is 20.8 Å². The number of Topliss-reactive ketones (excluding diaryl/α,β-unsaturated/α-hetero) is 1. The summed E-state index contributed by atoms with van der Waals surface area (Å²) >= 11 is 0. The number of aryl methyl sites for hydroxylation is 1. The summed E-state index contributed by atoms with van der Waals surface area (Å²) < 4.78 is 28.2. The number of hydrogen-bond acceptors (Lipinski definition) is 10. The van der Waals surface area contributed by atoms with Crippen LogP contribution in [0.3, 0.4) is 0 Å². The standard InChI is InChI=1S/C32H40O10/c1-11-17(5)27(36)26-30(38-10)23(15-24-28(39-19(7)33)18(6)25(12-2)42-32(24)37)29(40-20(8)34)22(14-13-16(3)4)31(26)41-21(9)35/h13,17H,11-12,14-15H2,1-10H3. The molecule has 1 atom stereocenters. The Morgan fingerprint density at radius 1 is 0.810 bits per heavy atom. The first-order valence-corrected chi connectivity index (χ1v) is 13.8. The van der Waals surface area contributed by atoms with Crippen LogP contribution in [0.4, 0.5) is 0 Å². The molecule has 2 aromatic rings. The van der Waals surface area contributed by atoms with Crippen LogP contribution in [0.2, 0.25) is 0 Å². The minimum atomic E-state index is -0.769. The van der Waals surface area contributed by atoms with Crippen molar-refractivity contribution in [2.24, 2.45) is 5.92 Å². The Morgan fingerprint density at radius 2 is 1.36 bits per heavy atom. The molecule has 1 aromatic carbocycles. The summed E-state index contributed by atoms with van der Waals surface area (Å²) in [6.07, 6.45) is 2.48. The molecule has 0 aliphatic heterocycles. The van der Waals surface area contributed by atoms with Gasteiger partial charge < -0.3 is 23.4 Å². The van der Waals surface area contributed by atoms with Gasteiger partial charge in [-0.3, -0.25) is 19.2 Å². The predicted molar refractivity (Wildman–Crippen MR) is 156 cm³/mol. The van der Waals surface area contributed by atoms with E-state index in [1.807, 2.05) is 26.8 Å². The highest BCUT2D eigenvalue weighted by atomic mass is 16.6. The lowest BCUT2D eigenvalue weighted by Gasteiger charge is -2.25. The van der Waals surface area contributed by atoms with Crippen molar-refractivity contribution < 1.29 is 42.5 Å². The van der Waals surface area contributed by atoms with Crippen molar-refractivity contribution in [1.82, 2.24) is 0 Å². The van der Waals surface area contributed by atoms with E-state index in [2.05, 4.69) is 0 Å². The minimum Gasteiger partial charge on any atom is -0.495 e. The van der Waals surface area contributed by atoms with Crippen LogP contribution in [0.25, 0.3) is 0 Å². The molecule has 0 saturated carbocycles. The first-order valence-electron chi connectivity index (χ1n) is 13.8. The Bertz CT molecular complexity index is 1470. The van der Waals surface area contributed by atoms with Crippen molar-refractivity contribution in [3.8, 4) is 23.0 Å². The van der Waals surface area contributed by atoms with Gasteiger partial charge in [-0.1, -0.05) is 32.4 Å². The summed E-state index contributed by atoms with van der Waals surface area (Å²) in [6.45, 7) is 14.4. The number of allylic oxidation sites excluding steroid dienone is 2. The lowest BCUT2D eigenvalue weighted by molar-refractivity contribution is -0.133. The predicted octanol–water partition coefficient (Wildman–Crippen LogP) is 5.62. The third kappa shape index (κ3) is 7.74. The van der Waals surface area contributed by atoms with E-state index in [0.717, 1.165) is 5.57 Å². The Kier molecular flexibility index (Phi) is 11.8. The number of ether oxygens (including phenoxy) is 4. The average molecular weight is 585 g/mol. The van der Waals surface area contributed by atoms with E-state index in [9.17, 15) is 24.0 Å². The van der Waals surface area contributed by atoms with Crippen molar-refractivity contribution in [2.45, 2.75) is 88.0 Å². The molecule has 0 saturated heterocycles. The van der Waals surface area contributed by atoms with E-state index in [1.165, 1.54) is 27.9 Å². The number of carbonyl (C=O) groups is 4. The summed E-state index contributed by atoms with van der Waals surface area (Å²) in [4.78, 5) is 64.0. The normalized spacial score (nSPS) is 11.4. The number of carbonyl (C=O) groups excluding carboxylic acids is 4. The summed E-state index contributed by atoms with van der Waals surface area (Å²) in [6, 6.07) is 0. The quantitative estimate of drug-likeness (QED) is 0.134. The maximum atomic E-state index is 13.9.